The lowest BCUT2D eigenvalue weighted by Gasteiger charge is -2.07. The van der Waals surface area contributed by atoms with E-state index in [-0.39, 0.29) is 0 Å². The van der Waals surface area contributed by atoms with Gasteiger partial charge in [-0.15, -0.1) is 5.10 Å². The van der Waals surface area contributed by atoms with Gasteiger partial charge in [0, 0.05) is 5.75 Å². The van der Waals surface area contributed by atoms with E-state index in [1.165, 1.54) is 0 Å². The molecule has 0 aliphatic carbocycles. The predicted molar refractivity (Wildman–Crippen MR) is 104 cm³/mol. The molecule has 0 radical (unpaired) electrons. The van der Waals surface area contributed by atoms with Crippen molar-refractivity contribution in [2.45, 2.75) is 18.1 Å². The molecule has 0 bridgehead atoms. The van der Waals surface area contributed by atoms with Crippen LogP contribution in [0.3, 0.4) is 0 Å². The summed E-state index contributed by atoms with van der Waals surface area (Å²) >= 11 is 1.62. The summed E-state index contributed by atoms with van der Waals surface area (Å²) in [5, 5.41) is 12.8. The number of rotatable bonds is 10. The van der Waals surface area contributed by atoms with Crippen LogP contribution in [0.15, 0.2) is 53.7 Å². The third-order valence-corrected chi connectivity index (χ3v) is 4.88. The van der Waals surface area contributed by atoms with Crippen molar-refractivity contribution in [3.05, 3.63) is 54.1 Å². The first-order valence-corrected chi connectivity index (χ1v) is 9.56. The first-order chi connectivity index (χ1) is 13.3. The van der Waals surface area contributed by atoms with Crippen LogP contribution in [0.4, 0.5) is 0 Å². The number of tetrazole rings is 1. The summed E-state index contributed by atoms with van der Waals surface area (Å²) in [7, 11) is 3.30. The molecule has 0 N–H and O–H groups in total. The molecule has 142 valence electrons. The highest BCUT2D eigenvalue weighted by Gasteiger charge is 2.07. The fourth-order valence-electron chi connectivity index (χ4n) is 2.39. The molecule has 0 unspecified atom stereocenters. The Morgan fingerprint density at radius 3 is 2.19 bits per heavy atom. The standard InChI is InChI=1S/C19H22N4O3S/c1-24-16-6-4-15(5-7-16)14-23-19(20-21-22-23)27-13-3-12-26-18-10-8-17(25-2)9-11-18/h4-11H,3,12-14H2,1-2H3. The van der Waals surface area contributed by atoms with Crippen LogP contribution < -0.4 is 14.2 Å². The third kappa shape index (κ3) is 5.62. The van der Waals surface area contributed by atoms with Gasteiger partial charge in [-0.05, 0) is 58.8 Å². The van der Waals surface area contributed by atoms with Crippen LogP contribution in [0, 0.1) is 0 Å². The Hall–Kier alpha value is -2.74. The van der Waals surface area contributed by atoms with Crippen LogP contribution >= 0.6 is 11.8 Å². The molecule has 0 amide bonds. The summed E-state index contributed by atoms with van der Waals surface area (Å²) in [6.45, 7) is 1.26. The zero-order valence-corrected chi connectivity index (χ0v) is 16.2. The molecule has 0 aliphatic rings. The Bertz CT molecular complexity index is 822. The number of ether oxygens (including phenoxy) is 3. The van der Waals surface area contributed by atoms with Gasteiger partial charge < -0.3 is 14.2 Å². The van der Waals surface area contributed by atoms with Crippen LogP contribution in [0.2, 0.25) is 0 Å². The van der Waals surface area contributed by atoms with Crippen molar-refractivity contribution < 1.29 is 14.2 Å². The van der Waals surface area contributed by atoms with Crippen LogP contribution in [-0.4, -0.2) is 46.8 Å². The zero-order valence-electron chi connectivity index (χ0n) is 15.4. The summed E-state index contributed by atoms with van der Waals surface area (Å²) in [5.41, 5.74) is 1.12. The number of aromatic nitrogens is 4. The normalized spacial score (nSPS) is 10.6. The zero-order chi connectivity index (χ0) is 18.9. The molecular formula is C19H22N4O3S. The monoisotopic (exact) mass is 386 g/mol. The summed E-state index contributed by atoms with van der Waals surface area (Å²) < 4.78 is 17.8. The molecule has 2 aromatic carbocycles. The Morgan fingerprint density at radius 1 is 0.889 bits per heavy atom. The van der Waals surface area contributed by atoms with E-state index < -0.39 is 0 Å². The minimum absolute atomic E-state index is 0.627. The Morgan fingerprint density at radius 2 is 1.52 bits per heavy atom. The second-order valence-corrected chi connectivity index (χ2v) is 6.76. The first kappa shape index (κ1) is 19.0. The number of thioether (sulfide) groups is 1. The number of methoxy groups -OCH3 is 2. The van der Waals surface area contributed by atoms with E-state index >= 15 is 0 Å². The van der Waals surface area contributed by atoms with Crippen molar-refractivity contribution >= 4 is 11.8 Å². The molecule has 27 heavy (non-hydrogen) atoms. The van der Waals surface area contributed by atoms with Crippen LogP contribution in [0.25, 0.3) is 0 Å². The molecule has 8 heteroatoms. The van der Waals surface area contributed by atoms with Gasteiger partial charge in [-0.3, -0.25) is 0 Å². The second kappa shape index (κ2) is 9.82. The lowest BCUT2D eigenvalue weighted by molar-refractivity contribution is 0.318. The summed E-state index contributed by atoms with van der Waals surface area (Å²) in [5.74, 6) is 3.37. The van der Waals surface area contributed by atoms with E-state index in [0.717, 1.165) is 40.1 Å². The molecule has 1 aromatic heterocycles. The Balaban J connectivity index is 1.42. The van der Waals surface area contributed by atoms with Gasteiger partial charge in [-0.25, -0.2) is 4.68 Å². The van der Waals surface area contributed by atoms with Crippen LogP contribution in [-0.2, 0) is 6.54 Å². The number of benzene rings is 2. The van der Waals surface area contributed by atoms with E-state index in [1.54, 1.807) is 30.7 Å². The van der Waals surface area contributed by atoms with Gasteiger partial charge in [0.05, 0.1) is 27.4 Å². The molecule has 0 spiro atoms. The van der Waals surface area contributed by atoms with E-state index in [9.17, 15) is 0 Å². The molecule has 0 saturated carbocycles. The maximum Gasteiger partial charge on any atom is 0.209 e. The molecule has 7 nitrogen and oxygen atoms in total. The molecule has 0 fully saturated rings. The van der Waals surface area contributed by atoms with Crippen LogP contribution in [0.5, 0.6) is 17.2 Å². The minimum atomic E-state index is 0.627. The van der Waals surface area contributed by atoms with Crippen LogP contribution in [0.1, 0.15) is 12.0 Å². The summed E-state index contributed by atoms with van der Waals surface area (Å²) in [4.78, 5) is 0. The molecular weight excluding hydrogens is 364 g/mol. The van der Waals surface area contributed by atoms with Gasteiger partial charge >= 0.3 is 0 Å². The number of hydrogen-bond acceptors (Lipinski definition) is 7. The lowest BCUT2D eigenvalue weighted by Crippen LogP contribution is -2.05. The topological polar surface area (TPSA) is 71.3 Å². The van der Waals surface area contributed by atoms with Gasteiger partial charge in [0.25, 0.3) is 0 Å². The second-order valence-electron chi connectivity index (χ2n) is 5.69. The van der Waals surface area contributed by atoms with Gasteiger partial charge in [-0.1, -0.05) is 23.9 Å². The quantitative estimate of drug-likeness (QED) is 0.391. The molecule has 0 saturated heterocycles. The molecule has 3 aromatic rings. The SMILES string of the molecule is COc1ccc(Cn2nnnc2SCCCOc2ccc(OC)cc2)cc1. The van der Waals surface area contributed by atoms with Crippen molar-refractivity contribution in [1.82, 2.24) is 20.2 Å². The molecule has 0 atom stereocenters. The van der Waals surface area contributed by atoms with Crippen molar-refractivity contribution in [3.8, 4) is 17.2 Å². The van der Waals surface area contributed by atoms with Crippen molar-refractivity contribution in [1.29, 1.82) is 0 Å². The number of nitrogens with zero attached hydrogens (tertiary/aromatic N) is 4. The van der Waals surface area contributed by atoms with Crippen molar-refractivity contribution in [3.63, 3.8) is 0 Å². The van der Waals surface area contributed by atoms with E-state index in [4.69, 9.17) is 14.2 Å². The van der Waals surface area contributed by atoms with Gasteiger partial charge in [0.2, 0.25) is 5.16 Å². The van der Waals surface area contributed by atoms with E-state index in [0.29, 0.717) is 13.2 Å². The van der Waals surface area contributed by atoms with Gasteiger partial charge in [-0.2, -0.15) is 0 Å². The fraction of sp³-hybridized carbons (Fsp3) is 0.316. The predicted octanol–water partition coefficient (Wildman–Crippen LogP) is 3.30. The maximum absolute atomic E-state index is 5.73. The minimum Gasteiger partial charge on any atom is -0.497 e. The largest absolute Gasteiger partial charge is 0.497 e. The maximum atomic E-state index is 5.73. The molecule has 1 heterocycles. The summed E-state index contributed by atoms with van der Waals surface area (Å²) in [6, 6.07) is 15.5. The van der Waals surface area contributed by atoms with Crippen molar-refractivity contribution in [2.75, 3.05) is 26.6 Å². The van der Waals surface area contributed by atoms with E-state index in [2.05, 4.69) is 15.5 Å². The van der Waals surface area contributed by atoms with E-state index in [1.807, 2.05) is 48.5 Å². The Kier molecular flexibility index (Phi) is 6.92. The van der Waals surface area contributed by atoms with Gasteiger partial charge in [0.1, 0.15) is 17.2 Å². The molecule has 3 rings (SSSR count). The smallest absolute Gasteiger partial charge is 0.209 e. The highest BCUT2D eigenvalue weighted by molar-refractivity contribution is 7.99. The first-order valence-electron chi connectivity index (χ1n) is 8.57. The average molecular weight is 386 g/mol. The fourth-order valence-corrected chi connectivity index (χ4v) is 3.18. The highest BCUT2D eigenvalue weighted by Crippen LogP contribution is 2.19. The van der Waals surface area contributed by atoms with Gasteiger partial charge in [0.15, 0.2) is 0 Å². The summed E-state index contributed by atoms with van der Waals surface area (Å²) in [6.07, 6.45) is 0.895. The Labute approximate surface area is 162 Å². The highest BCUT2D eigenvalue weighted by atomic mass is 32.2. The number of hydrogen-bond donors (Lipinski definition) is 0. The lowest BCUT2D eigenvalue weighted by atomic mass is 10.2. The average Bonchev–Trinajstić information content (AvgIpc) is 3.15. The third-order valence-electron chi connectivity index (χ3n) is 3.84. The van der Waals surface area contributed by atoms with Crippen molar-refractivity contribution in [2.24, 2.45) is 0 Å². The molecule has 0 aliphatic heterocycles.